The van der Waals surface area contributed by atoms with Crippen molar-refractivity contribution in [3.05, 3.63) is 23.3 Å². The Kier molecular flexibility index (Phi) is 2.93. The van der Waals surface area contributed by atoms with Gasteiger partial charge in [-0.05, 0) is 48.5 Å². The van der Waals surface area contributed by atoms with Gasteiger partial charge in [-0.3, -0.25) is 0 Å². The maximum absolute atomic E-state index is 12.6. The van der Waals surface area contributed by atoms with E-state index in [9.17, 15) is 8.78 Å². The molecule has 0 N–H and O–H groups in total. The Labute approximate surface area is 96.4 Å². The van der Waals surface area contributed by atoms with E-state index >= 15 is 0 Å². The topological polar surface area (TPSA) is 0 Å². The normalized spacial score (nSPS) is 39.1. The first kappa shape index (κ1) is 11.8. The van der Waals surface area contributed by atoms with Gasteiger partial charge in [0.25, 0.3) is 6.08 Å². The summed E-state index contributed by atoms with van der Waals surface area (Å²) >= 11 is 0. The molecule has 2 aliphatic carbocycles. The minimum absolute atomic E-state index is 0.163. The van der Waals surface area contributed by atoms with Gasteiger partial charge in [-0.25, -0.2) is 0 Å². The molecular formula is C14H20F2. The third-order valence-electron chi connectivity index (χ3n) is 4.95. The van der Waals surface area contributed by atoms with Gasteiger partial charge in [0, 0.05) is 0 Å². The molecule has 2 unspecified atom stereocenters. The smallest absolute Gasteiger partial charge is 0.173 e. The van der Waals surface area contributed by atoms with Crippen molar-refractivity contribution in [3.63, 3.8) is 0 Å². The van der Waals surface area contributed by atoms with Gasteiger partial charge in [0.15, 0.2) is 0 Å². The molecule has 0 heterocycles. The summed E-state index contributed by atoms with van der Waals surface area (Å²) in [5.41, 5.74) is 1.79. The van der Waals surface area contributed by atoms with Crippen LogP contribution in [0.4, 0.5) is 8.78 Å². The zero-order valence-electron chi connectivity index (χ0n) is 10.3. The van der Waals surface area contributed by atoms with E-state index in [0.29, 0.717) is 30.3 Å². The molecule has 2 aliphatic rings. The second kappa shape index (κ2) is 3.97. The fourth-order valence-corrected chi connectivity index (χ4v) is 3.24. The van der Waals surface area contributed by atoms with Gasteiger partial charge >= 0.3 is 0 Å². The Morgan fingerprint density at radius 2 is 2.06 bits per heavy atom. The SMILES string of the molecule is CC1CC=C2CC(=C(F)F)CC[C@]2(C)C1C. The van der Waals surface area contributed by atoms with Crippen LogP contribution in [0.25, 0.3) is 0 Å². The zero-order valence-corrected chi connectivity index (χ0v) is 10.3. The Morgan fingerprint density at radius 1 is 1.38 bits per heavy atom. The van der Waals surface area contributed by atoms with Gasteiger partial charge in [0.1, 0.15) is 0 Å². The van der Waals surface area contributed by atoms with Crippen LogP contribution in [0.3, 0.4) is 0 Å². The predicted molar refractivity (Wildman–Crippen MR) is 62.2 cm³/mol. The molecule has 90 valence electrons. The lowest BCUT2D eigenvalue weighted by Gasteiger charge is -2.47. The first-order chi connectivity index (χ1) is 7.45. The fraction of sp³-hybridized carbons (Fsp3) is 0.714. The molecule has 0 aromatic carbocycles. The summed E-state index contributed by atoms with van der Waals surface area (Å²) in [6, 6.07) is 0. The minimum Gasteiger partial charge on any atom is -0.173 e. The number of fused-ring (bicyclic) bond motifs is 1. The van der Waals surface area contributed by atoms with Crippen LogP contribution in [0.2, 0.25) is 0 Å². The molecule has 0 aliphatic heterocycles. The van der Waals surface area contributed by atoms with Gasteiger partial charge in [0.2, 0.25) is 0 Å². The van der Waals surface area contributed by atoms with Crippen molar-refractivity contribution in [1.29, 1.82) is 0 Å². The van der Waals surface area contributed by atoms with E-state index in [2.05, 4.69) is 26.8 Å². The highest BCUT2D eigenvalue weighted by Crippen LogP contribution is 2.53. The number of hydrogen-bond donors (Lipinski definition) is 0. The van der Waals surface area contributed by atoms with Crippen LogP contribution in [0.1, 0.15) is 46.5 Å². The maximum atomic E-state index is 12.6. The van der Waals surface area contributed by atoms with Crippen molar-refractivity contribution in [2.24, 2.45) is 17.3 Å². The lowest BCUT2D eigenvalue weighted by Crippen LogP contribution is -2.37. The maximum Gasteiger partial charge on any atom is 0.269 e. The standard InChI is InChI=1S/C14H20F2/c1-9-4-5-12-8-11(13(15)16)6-7-14(12,3)10(9)2/h5,9-10H,4,6-8H2,1-3H3/t9?,10?,14-/m1/s1. The molecule has 2 rings (SSSR count). The molecular weight excluding hydrogens is 206 g/mol. The van der Waals surface area contributed by atoms with Gasteiger partial charge in [-0.15, -0.1) is 0 Å². The van der Waals surface area contributed by atoms with Crippen LogP contribution >= 0.6 is 0 Å². The Morgan fingerprint density at radius 3 is 2.69 bits per heavy atom. The summed E-state index contributed by atoms with van der Waals surface area (Å²) in [6.07, 6.45) is 3.79. The zero-order chi connectivity index (χ0) is 11.9. The van der Waals surface area contributed by atoms with Crippen LogP contribution in [-0.2, 0) is 0 Å². The van der Waals surface area contributed by atoms with Gasteiger partial charge in [0.05, 0.1) is 0 Å². The van der Waals surface area contributed by atoms with E-state index in [0.717, 1.165) is 12.8 Å². The highest BCUT2D eigenvalue weighted by atomic mass is 19.3. The molecule has 0 spiro atoms. The molecule has 0 amide bonds. The second-order valence-corrected chi connectivity index (χ2v) is 5.69. The van der Waals surface area contributed by atoms with Crippen LogP contribution in [-0.4, -0.2) is 0 Å². The fourth-order valence-electron chi connectivity index (χ4n) is 3.24. The highest BCUT2D eigenvalue weighted by molar-refractivity contribution is 5.29. The van der Waals surface area contributed by atoms with E-state index in [1.165, 1.54) is 5.57 Å². The molecule has 2 heteroatoms. The van der Waals surface area contributed by atoms with Crippen molar-refractivity contribution >= 4 is 0 Å². The molecule has 0 bridgehead atoms. The number of rotatable bonds is 0. The minimum atomic E-state index is -1.45. The molecule has 3 atom stereocenters. The van der Waals surface area contributed by atoms with E-state index in [1.54, 1.807) is 0 Å². The Balaban J connectivity index is 2.31. The number of allylic oxidation sites excluding steroid dienone is 3. The Bertz CT molecular complexity index is 350. The third-order valence-corrected chi connectivity index (χ3v) is 4.95. The molecule has 0 aromatic heterocycles. The molecule has 16 heavy (non-hydrogen) atoms. The molecule has 0 radical (unpaired) electrons. The lowest BCUT2D eigenvalue weighted by molar-refractivity contribution is 0.142. The summed E-state index contributed by atoms with van der Waals surface area (Å²) in [5.74, 6) is 1.28. The average Bonchev–Trinajstić information content (AvgIpc) is 2.24. The van der Waals surface area contributed by atoms with Crippen molar-refractivity contribution in [2.75, 3.05) is 0 Å². The summed E-state index contributed by atoms with van der Waals surface area (Å²) in [4.78, 5) is 0. The van der Waals surface area contributed by atoms with E-state index < -0.39 is 6.08 Å². The van der Waals surface area contributed by atoms with Crippen LogP contribution in [0.5, 0.6) is 0 Å². The summed E-state index contributed by atoms with van der Waals surface area (Å²) < 4.78 is 25.3. The first-order valence-corrected chi connectivity index (χ1v) is 6.17. The summed E-state index contributed by atoms with van der Waals surface area (Å²) in [5, 5.41) is 0. The summed E-state index contributed by atoms with van der Waals surface area (Å²) in [6.45, 7) is 6.80. The van der Waals surface area contributed by atoms with Crippen LogP contribution < -0.4 is 0 Å². The van der Waals surface area contributed by atoms with Crippen LogP contribution in [0, 0.1) is 17.3 Å². The molecule has 0 saturated heterocycles. The van der Waals surface area contributed by atoms with Gasteiger partial charge in [-0.1, -0.05) is 32.4 Å². The molecule has 1 saturated carbocycles. The largest absolute Gasteiger partial charge is 0.269 e. The lowest BCUT2D eigenvalue weighted by atomic mass is 9.57. The molecule has 0 nitrogen and oxygen atoms in total. The first-order valence-electron chi connectivity index (χ1n) is 6.17. The van der Waals surface area contributed by atoms with Crippen molar-refractivity contribution in [2.45, 2.75) is 46.5 Å². The second-order valence-electron chi connectivity index (χ2n) is 5.69. The van der Waals surface area contributed by atoms with Gasteiger partial charge in [-0.2, -0.15) is 8.78 Å². The third kappa shape index (κ3) is 1.72. The molecule has 1 fully saturated rings. The number of hydrogen-bond acceptors (Lipinski definition) is 0. The number of halogens is 2. The highest BCUT2D eigenvalue weighted by Gasteiger charge is 2.42. The average molecular weight is 226 g/mol. The van der Waals surface area contributed by atoms with Crippen molar-refractivity contribution < 1.29 is 8.78 Å². The predicted octanol–water partition coefficient (Wildman–Crippen LogP) is 4.93. The van der Waals surface area contributed by atoms with Crippen molar-refractivity contribution in [1.82, 2.24) is 0 Å². The van der Waals surface area contributed by atoms with E-state index in [4.69, 9.17) is 0 Å². The monoisotopic (exact) mass is 226 g/mol. The van der Waals surface area contributed by atoms with Crippen LogP contribution in [0.15, 0.2) is 23.3 Å². The van der Waals surface area contributed by atoms with E-state index in [1.807, 2.05) is 0 Å². The quantitative estimate of drug-likeness (QED) is 0.514. The van der Waals surface area contributed by atoms with E-state index in [-0.39, 0.29) is 5.41 Å². The van der Waals surface area contributed by atoms with Gasteiger partial charge < -0.3 is 0 Å². The summed E-state index contributed by atoms with van der Waals surface area (Å²) in [7, 11) is 0. The molecule has 0 aromatic rings. The van der Waals surface area contributed by atoms with Crippen molar-refractivity contribution in [3.8, 4) is 0 Å². The Hall–Kier alpha value is -0.660.